The van der Waals surface area contributed by atoms with Crippen molar-refractivity contribution in [3.8, 4) is 0 Å². The van der Waals surface area contributed by atoms with Gasteiger partial charge in [0.1, 0.15) is 0 Å². The fraction of sp³-hybridized carbons (Fsp3) is 0.500. The molecule has 0 fully saturated rings. The maximum Gasteiger partial charge on any atom is 0.355 e. The van der Waals surface area contributed by atoms with E-state index in [1.165, 1.54) is 0 Å². The maximum atomic E-state index is 11.5. The Morgan fingerprint density at radius 2 is 2.43 bits per heavy atom. The lowest BCUT2D eigenvalue weighted by molar-refractivity contribution is -0.130. The third-order valence-electron chi connectivity index (χ3n) is 1.38. The summed E-state index contributed by atoms with van der Waals surface area (Å²) in [4.78, 5) is 10.5. The van der Waals surface area contributed by atoms with Gasteiger partial charge in [-0.05, 0) is 0 Å². The van der Waals surface area contributed by atoms with E-state index in [1.807, 2.05) is 0 Å². The van der Waals surface area contributed by atoms with E-state index < -0.39 is 12.6 Å². The zero-order valence-corrected chi connectivity index (χ0v) is 6.93. The molecule has 0 saturated carbocycles. The van der Waals surface area contributed by atoms with Crippen LogP contribution in [0.15, 0.2) is 6.20 Å². The van der Waals surface area contributed by atoms with Gasteiger partial charge in [-0.1, -0.05) is 5.21 Å². The molecule has 1 aromatic heterocycles. The molecule has 1 heterocycles. The number of hydrogen-bond acceptors (Lipinski definition) is 4. The molecule has 0 atom stereocenters. The molecule has 14 heavy (non-hydrogen) atoms. The van der Waals surface area contributed by atoms with Crippen LogP contribution in [0.3, 0.4) is 0 Å². The zero-order valence-electron chi connectivity index (χ0n) is 6.93. The molecule has 0 aliphatic carbocycles. The van der Waals surface area contributed by atoms with Crippen LogP contribution in [-0.4, -0.2) is 39.3 Å². The van der Waals surface area contributed by atoms with Crippen LogP contribution in [0.25, 0.3) is 0 Å². The lowest BCUT2D eigenvalue weighted by atomic mass is 10.5. The van der Waals surface area contributed by atoms with Crippen LogP contribution in [-0.2, 0) is 11.3 Å². The number of halogens is 2. The fourth-order valence-corrected chi connectivity index (χ4v) is 0.817. The van der Waals surface area contributed by atoms with Gasteiger partial charge in [0.25, 0.3) is 0 Å². The zero-order chi connectivity index (χ0) is 10.6. The van der Waals surface area contributed by atoms with E-state index in [-0.39, 0.29) is 18.8 Å². The van der Waals surface area contributed by atoms with Crippen LogP contribution in [0.5, 0.6) is 0 Å². The number of hydrogen-bond donors (Lipinski definition) is 1. The predicted molar refractivity (Wildman–Crippen MR) is 38.9 cm³/mol. The Hall–Kier alpha value is -1.57. The summed E-state index contributed by atoms with van der Waals surface area (Å²) in [7, 11) is 0. The number of carboxylic acids is 1. The number of carbonyl (C=O) groups is 1. The minimum absolute atomic E-state index is 0.0774. The highest BCUT2D eigenvalue weighted by atomic mass is 19.3. The summed E-state index contributed by atoms with van der Waals surface area (Å²) in [5, 5.41) is 15.3. The molecule has 0 unspecified atom stereocenters. The van der Waals surface area contributed by atoms with Crippen molar-refractivity contribution in [2.75, 3.05) is 6.61 Å². The number of carboxylic acid groups (broad SMARTS) is 1. The van der Waals surface area contributed by atoms with Crippen molar-refractivity contribution in [2.24, 2.45) is 0 Å². The summed E-state index contributed by atoms with van der Waals surface area (Å²) in [6.45, 7) is -3.26. The molecule has 0 spiro atoms. The van der Waals surface area contributed by atoms with Gasteiger partial charge in [-0.2, -0.15) is 8.78 Å². The summed E-state index contributed by atoms with van der Waals surface area (Å²) < 4.78 is 28.0. The number of alkyl halides is 2. The Bertz CT molecular complexity index is 315. The Labute approximate surface area is 77.1 Å². The van der Waals surface area contributed by atoms with Crippen LogP contribution >= 0.6 is 0 Å². The van der Waals surface area contributed by atoms with Gasteiger partial charge in [-0.3, -0.25) is 0 Å². The molecule has 0 aliphatic heterocycles. The van der Waals surface area contributed by atoms with E-state index in [1.54, 1.807) is 0 Å². The van der Waals surface area contributed by atoms with Crippen LogP contribution in [0.4, 0.5) is 8.78 Å². The minimum atomic E-state index is -2.87. The van der Waals surface area contributed by atoms with Gasteiger partial charge in [0.05, 0.1) is 19.3 Å². The topological polar surface area (TPSA) is 77.2 Å². The van der Waals surface area contributed by atoms with Crippen LogP contribution < -0.4 is 0 Å². The smallest absolute Gasteiger partial charge is 0.355 e. The van der Waals surface area contributed by atoms with Gasteiger partial charge in [0.15, 0.2) is 5.69 Å². The third kappa shape index (κ3) is 2.73. The van der Waals surface area contributed by atoms with E-state index >= 15 is 0 Å². The highest BCUT2D eigenvalue weighted by Gasteiger charge is 2.11. The van der Waals surface area contributed by atoms with Gasteiger partial charge in [-0.25, -0.2) is 9.48 Å². The number of rotatable bonds is 5. The van der Waals surface area contributed by atoms with Gasteiger partial charge in [0, 0.05) is 0 Å². The van der Waals surface area contributed by atoms with E-state index in [9.17, 15) is 13.6 Å². The molecular weight excluding hydrogens is 200 g/mol. The van der Waals surface area contributed by atoms with Crippen LogP contribution in [0.1, 0.15) is 10.5 Å². The molecule has 1 aromatic rings. The van der Waals surface area contributed by atoms with Gasteiger partial charge in [-0.15, -0.1) is 5.10 Å². The van der Waals surface area contributed by atoms with E-state index in [2.05, 4.69) is 15.0 Å². The maximum absolute atomic E-state index is 11.5. The first-order chi connectivity index (χ1) is 6.61. The summed E-state index contributed by atoms with van der Waals surface area (Å²) in [5.74, 6) is -1.22. The molecule has 1 rings (SSSR count). The Balaban J connectivity index is 2.50. The minimum Gasteiger partial charge on any atom is -0.476 e. The molecular formula is C6H7F2N3O3. The van der Waals surface area contributed by atoms with Crippen LogP contribution in [0.2, 0.25) is 0 Å². The number of aromatic carboxylic acids is 1. The number of nitrogens with zero attached hydrogens (tertiary/aromatic N) is 3. The SMILES string of the molecule is O=C(O)c1cnnn1CCOC(F)F. The standard InChI is InChI=1S/C6H7F2N3O3/c7-6(8)14-2-1-11-4(5(12)13)3-9-10-11/h3,6H,1-2H2,(H,12,13). The van der Waals surface area contributed by atoms with Crippen molar-refractivity contribution >= 4 is 5.97 Å². The Morgan fingerprint density at radius 1 is 1.71 bits per heavy atom. The molecule has 6 nitrogen and oxygen atoms in total. The van der Waals surface area contributed by atoms with Crippen molar-refractivity contribution < 1.29 is 23.4 Å². The van der Waals surface area contributed by atoms with Crippen molar-refractivity contribution in [1.29, 1.82) is 0 Å². The van der Waals surface area contributed by atoms with E-state index in [4.69, 9.17) is 5.11 Å². The average Bonchev–Trinajstić information content (AvgIpc) is 2.51. The monoisotopic (exact) mass is 207 g/mol. The van der Waals surface area contributed by atoms with Gasteiger partial charge in [0.2, 0.25) is 0 Å². The fourth-order valence-electron chi connectivity index (χ4n) is 0.817. The summed E-state index contributed by atoms with van der Waals surface area (Å²) in [6, 6.07) is 0. The largest absolute Gasteiger partial charge is 0.476 e. The Kier molecular flexibility index (Phi) is 3.46. The third-order valence-corrected chi connectivity index (χ3v) is 1.38. The molecule has 78 valence electrons. The van der Waals surface area contributed by atoms with Gasteiger partial charge >= 0.3 is 12.6 Å². The highest BCUT2D eigenvalue weighted by Crippen LogP contribution is 1.98. The van der Waals surface area contributed by atoms with E-state index in [0.29, 0.717) is 0 Å². The lowest BCUT2D eigenvalue weighted by Gasteiger charge is -2.03. The second kappa shape index (κ2) is 4.61. The summed E-state index contributed by atoms with van der Waals surface area (Å²) in [5.41, 5.74) is -0.164. The highest BCUT2D eigenvalue weighted by molar-refractivity contribution is 5.85. The first-order valence-corrected chi connectivity index (χ1v) is 3.63. The second-order valence-electron chi connectivity index (χ2n) is 2.28. The van der Waals surface area contributed by atoms with Crippen molar-refractivity contribution in [3.05, 3.63) is 11.9 Å². The molecule has 0 aliphatic rings. The van der Waals surface area contributed by atoms with Gasteiger partial charge < -0.3 is 9.84 Å². The summed E-state index contributed by atoms with van der Waals surface area (Å²) in [6.07, 6.45) is 1.03. The molecule has 0 aromatic carbocycles. The number of ether oxygens (including phenoxy) is 1. The number of aromatic nitrogens is 3. The molecule has 0 amide bonds. The normalized spacial score (nSPS) is 10.8. The predicted octanol–water partition coefficient (Wildman–Crippen LogP) is 0.215. The molecule has 8 heteroatoms. The molecule has 1 N–H and O–H groups in total. The first kappa shape index (κ1) is 10.5. The average molecular weight is 207 g/mol. The molecule has 0 radical (unpaired) electrons. The molecule has 0 saturated heterocycles. The molecule has 0 bridgehead atoms. The Morgan fingerprint density at radius 3 is 3.00 bits per heavy atom. The van der Waals surface area contributed by atoms with E-state index in [0.717, 1.165) is 10.9 Å². The first-order valence-electron chi connectivity index (χ1n) is 3.63. The summed E-state index contributed by atoms with van der Waals surface area (Å²) >= 11 is 0. The van der Waals surface area contributed by atoms with Crippen molar-refractivity contribution in [2.45, 2.75) is 13.2 Å². The second-order valence-corrected chi connectivity index (χ2v) is 2.28. The van der Waals surface area contributed by atoms with Crippen LogP contribution in [0, 0.1) is 0 Å². The van der Waals surface area contributed by atoms with Crippen molar-refractivity contribution in [1.82, 2.24) is 15.0 Å². The van der Waals surface area contributed by atoms with Crippen molar-refractivity contribution in [3.63, 3.8) is 0 Å². The quantitative estimate of drug-likeness (QED) is 0.747. The lowest BCUT2D eigenvalue weighted by Crippen LogP contribution is -2.15.